The fourth-order valence-electron chi connectivity index (χ4n) is 3.66. The number of carbonyl (C=O) groups is 1. The maximum atomic E-state index is 13.1. The van der Waals surface area contributed by atoms with Crippen LogP contribution in [0.1, 0.15) is 16.2 Å². The predicted molar refractivity (Wildman–Crippen MR) is 109 cm³/mol. The number of nitrogens with zero attached hydrogens (tertiary/aromatic N) is 5. The summed E-state index contributed by atoms with van der Waals surface area (Å²) in [6, 6.07) is 15.2. The molecule has 1 aliphatic heterocycles. The Bertz CT molecular complexity index is 1240. The van der Waals surface area contributed by atoms with Gasteiger partial charge in [-0.3, -0.25) is 9.78 Å². The maximum Gasteiger partial charge on any atom is 0.273 e. The van der Waals surface area contributed by atoms with E-state index in [0.29, 0.717) is 43.5 Å². The molecule has 0 unspecified atom stereocenters. The number of hydrogen-bond donors (Lipinski definition) is 0. The Morgan fingerprint density at radius 1 is 1.07 bits per heavy atom. The zero-order chi connectivity index (χ0) is 20.5. The van der Waals surface area contributed by atoms with E-state index in [-0.39, 0.29) is 17.5 Å². The van der Waals surface area contributed by atoms with Crippen LogP contribution in [-0.4, -0.2) is 47.0 Å². The highest BCUT2D eigenvalue weighted by Crippen LogP contribution is 2.29. The van der Waals surface area contributed by atoms with Crippen LogP contribution in [-0.2, 0) is 0 Å². The van der Waals surface area contributed by atoms with Gasteiger partial charge in [0.15, 0.2) is 5.76 Å². The Kier molecular flexibility index (Phi) is 4.41. The predicted octanol–water partition coefficient (Wildman–Crippen LogP) is 3.32. The number of carbonyl (C=O) groups excluding carboxylic acids is 1. The van der Waals surface area contributed by atoms with Crippen molar-refractivity contribution >= 4 is 22.6 Å². The number of pyridine rings is 1. The highest BCUT2D eigenvalue weighted by Gasteiger charge is 2.28. The second-order valence-corrected chi connectivity index (χ2v) is 6.92. The van der Waals surface area contributed by atoms with Gasteiger partial charge in [-0.15, -0.1) is 0 Å². The van der Waals surface area contributed by atoms with Crippen LogP contribution in [0.5, 0.6) is 0 Å². The Morgan fingerprint density at radius 2 is 1.90 bits per heavy atom. The van der Waals surface area contributed by atoms with E-state index >= 15 is 0 Å². The van der Waals surface area contributed by atoms with E-state index in [9.17, 15) is 10.1 Å². The minimum Gasteiger partial charge on any atom is -0.459 e. The van der Waals surface area contributed by atoms with Crippen molar-refractivity contribution in [2.75, 3.05) is 31.1 Å². The first kappa shape index (κ1) is 17.9. The molecule has 1 aliphatic rings. The number of oxazole rings is 1. The van der Waals surface area contributed by atoms with Crippen molar-refractivity contribution in [3.05, 3.63) is 66.3 Å². The number of aromatic nitrogens is 2. The smallest absolute Gasteiger partial charge is 0.273 e. The summed E-state index contributed by atoms with van der Waals surface area (Å²) in [7, 11) is 0. The standard InChI is InChI=1S/C22H17N5O3/c23-14-17-22(30-20(25-17)18-6-3-13-29-18)27-11-9-26(10-12-27)21(28)19-16-5-2-1-4-15(16)7-8-24-19/h1-8,13H,9-12H2. The third-order valence-electron chi connectivity index (χ3n) is 5.18. The van der Waals surface area contributed by atoms with Crippen molar-refractivity contribution in [3.8, 4) is 17.7 Å². The molecule has 8 heteroatoms. The molecule has 3 aromatic heterocycles. The van der Waals surface area contributed by atoms with Gasteiger partial charge < -0.3 is 18.6 Å². The molecule has 0 bridgehead atoms. The van der Waals surface area contributed by atoms with E-state index in [1.54, 1.807) is 23.2 Å². The molecule has 1 aromatic carbocycles. The molecule has 1 amide bonds. The molecule has 0 spiro atoms. The lowest BCUT2D eigenvalue weighted by molar-refractivity contribution is 0.0741. The third-order valence-corrected chi connectivity index (χ3v) is 5.18. The molecule has 4 heterocycles. The second-order valence-electron chi connectivity index (χ2n) is 6.92. The highest BCUT2D eigenvalue weighted by molar-refractivity contribution is 6.05. The SMILES string of the molecule is N#Cc1nc(-c2ccco2)oc1N1CCN(C(=O)c2nccc3ccccc23)CC1. The van der Waals surface area contributed by atoms with Gasteiger partial charge in [-0.2, -0.15) is 10.2 Å². The van der Waals surface area contributed by atoms with Crippen molar-refractivity contribution < 1.29 is 13.6 Å². The van der Waals surface area contributed by atoms with E-state index in [4.69, 9.17) is 8.83 Å². The normalized spacial score (nSPS) is 14.1. The van der Waals surface area contributed by atoms with Crippen molar-refractivity contribution in [3.63, 3.8) is 0 Å². The quantitative estimate of drug-likeness (QED) is 0.521. The van der Waals surface area contributed by atoms with E-state index in [0.717, 1.165) is 10.8 Å². The summed E-state index contributed by atoms with van der Waals surface area (Å²) in [4.78, 5) is 25.4. The fraction of sp³-hybridized carbons (Fsp3) is 0.182. The van der Waals surface area contributed by atoms with E-state index in [2.05, 4.69) is 16.0 Å². The average Bonchev–Trinajstić information content (AvgIpc) is 3.48. The van der Waals surface area contributed by atoms with Gasteiger partial charge in [-0.1, -0.05) is 24.3 Å². The second kappa shape index (κ2) is 7.37. The molecule has 0 atom stereocenters. The number of piperazine rings is 1. The van der Waals surface area contributed by atoms with Gasteiger partial charge in [0.25, 0.3) is 11.8 Å². The van der Waals surface area contributed by atoms with E-state index < -0.39 is 0 Å². The first-order valence-corrected chi connectivity index (χ1v) is 9.57. The number of fused-ring (bicyclic) bond motifs is 1. The molecule has 0 radical (unpaired) electrons. The molecule has 8 nitrogen and oxygen atoms in total. The van der Waals surface area contributed by atoms with Gasteiger partial charge in [0.1, 0.15) is 11.8 Å². The lowest BCUT2D eigenvalue weighted by Crippen LogP contribution is -2.49. The van der Waals surface area contributed by atoms with E-state index in [1.165, 1.54) is 6.26 Å². The average molecular weight is 399 g/mol. The molecule has 1 saturated heterocycles. The fourth-order valence-corrected chi connectivity index (χ4v) is 3.66. The van der Waals surface area contributed by atoms with Gasteiger partial charge in [-0.25, -0.2) is 0 Å². The van der Waals surface area contributed by atoms with Gasteiger partial charge >= 0.3 is 0 Å². The molecule has 4 aromatic rings. The minimum atomic E-state index is -0.0965. The Balaban J connectivity index is 1.34. The largest absolute Gasteiger partial charge is 0.459 e. The number of rotatable bonds is 3. The topological polar surface area (TPSA) is 99.4 Å². The number of benzene rings is 1. The summed E-state index contributed by atoms with van der Waals surface area (Å²) in [5, 5.41) is 11.3. The summed E-state index contributed by atoms with van der Waals surface area (Å²) < 4.78 is 11.1. The van der Waals surface area contributed by atoms with Gasteiger partial charge in [0.05, 0.1) is 6.26 Å². The van der Waals surface area contributed by atoms with Crippen LogP contribution in [0.4, 0.5) is 5.88 Å². The Morgan fingerprint density at radius 3 is 2.67 bits per heavy atom. The van der Waals surface area contributed by atoms with Gasteiger partial charge in [-0.05, 0) is 23.6 Å². The van der Waals surface area contributed by atoms with Crippen LogP contribution in [0.15, 0.2) is 63.8 Å². The maximum absolute atomic E-state index is 13.1. The highest BCUT2D eigenvalue weighted by atomic mass is 16.4. The van der Waals surface area contributed by atoms with Gasteiger partial charge in [0, 0.05) is 37.8 Å². The summed E-state index contributed by atoms with van der Waals surface area (Å²) in [6.07, 6.45) is 3.19. The van der Waals surface area contributed by atoms with Crippen molar-refractivity contribution in [1.82, 2.24) is 14.9 Å². The van der Waals surface area contributed by atoms with Crippen molar-refractivity contribution in [1.29, 1.82) is 5.26 Å². The van der Waals surface area contributed by atoms with E-state index in [1.807, 2.05) is 35.2 Å². The number of anilines is 1. The lowest BCUT2D eigenvalue weighted by atomic mass is 10.1. The molecule has 148 valence electrons. The number of furan rings is 1. The van der Waals surface area contributed by atoms with Crippen LogP contribution in [0.2, 0.25) is 0 Å². The van der Waals surface area contributed by atoms with Crippen LogP contribution < -0.4 is 4.90 Å². The van der Waals surface area contributed by atoms with Crippen LogP contribution in [0.3, 0.4) is 0 Å². The van der Waals surface area contributed by atoms with Crippen molar-refractivity contribution in [2.24, 2.45) is 0 Å². The molecule has 5 rings (SSSR count). The zero-order valence-electron chi connectivity index (χ0n) is 16.0. The summed E-state index contributed by atoms with van der Waals surface area (Å²) >= 11 is 0. The molecule has 0 saturated carbocycles. The van der Waals surface area contributed by atoms with Crippen molar-refractivity contribution in [2.45, 2.75) is 0 Å². The molecule has 1 fully saturated rings. The number of nitriles is 1. The number of amides is 1. The molecule has 0 aliphatic carbocycles. The first-order valence-electron chi connectivity index (χ1n) is 9.57. The summed E-state index contributed by atoms with van der Waals surface area (Å²) in [5.74, 6) is 1.04. The molecule has 30 heavy (non-hydrogen) atoms. The molecule has 0 N–H and O–H groups in total. The Labute approximate surface area is 172 Å². The van der Waals surface area contributed by atoms with Crippen LogP contribution >= 0.6 is 0 Å². The van der Waals surface area contributed by atoms with Gasteiger partial charge in [0.2, 0.25) is 11.6 Å². The minimum absolute atomic E-state index is 0.0965. The monoisotopic (exact) mass is 399 g/mol. The Hall–Kier alpha value is -4.12. The zero-order valence-corrected chi connectivity index (χ0v) is 16.0. The van der Waals surface area contributed by atoms with Crippen LogP contribution in [0.25, 0.3) is 22.4 Å². The third kappa shape index (κ3) is 3.06. The lowest BCUT2D eigenvalue weighted by Gasteiger charge is -2.34. The first-order chi connectivity index (χ1) is 14.7. The molecular formula is C22H17N5O3. The molecular weight excluding hydrogens is 382 g/mol. The summed E-state index contributed by atoms with van der Waals surface area (Å²) in [6.45, 7) is 2.03. The van der Waals surface area contributed by atoms with Crippen LogP contribution in [0, 0.1) is 11.3 Å². The number of hydrogen-bond acceptors (Lipinski definition) is 7. The summed E-state index contributed by atoms with van der Waals surface area (Å²) in [5.41, 5.74) is 0.663.